The third-order valence-electron chi connectivity index (χ3n) is 0.983. The Balaban J connectivity index is 2.18. The van der Waals surface area contributed by atoms with Crippen molar-refractivity contribution in [3.8, 4) is 0 Å². The monoisotopic (exact) mass is 87.1 g/mol. The molecule has 0 bridgehead atoms. The van der Waals surface area contributed by atoms with E-state index < -0.39 is 0 Å². The van der Waals surface area contributed by atoms with Gasteiger partial charge in [-0.3, -0.25) is 0 Å². The van der Waals surface area contributed by atoms with Crippen molar-refractivity contribution < 1.29 is 10.4 Å². The van der Waals surface area contributed by atoms with Crippen LogP contribution in [0.25, 0.3) is 0 Å². The van der Waals surface area contributed by atoms with Crippen LogP contribution < -0.4 is 5.32 Å². The molecule has 0 amide bonds. The molecule has 1 radical (unpaired) electrons. The van der Waals surface area contributed by atoms with Gasteiger partial charge in [0.1, 0.15) is 19.2 Å². The molecule has 1 aliphatic rings. The summed E-state index contributed by atoms with van der Waals surface area (Å²) in [5.74, 6) is 0. The SMILES string of the molecule is OC1C[CH][NH2+]C1. The molecule has 1 atom stereocenters. The largest absolute Gasteiger partial charge is 0.387 e. The molecule has 6 heavy (non-hydrogen) atoms. The van der Waals surface area contributed by atoms with Crippen LogP contribution in [0.1, 0.15) is 6.42 Å². The van der Waals surface area contributed by atoms with Crippen molar-refractivity contribution in [1.29, 1.82) is 0 Å². The zero-order valence-electron chi connectivity index (χ0n) is 3.59. The summed E-state index contributed by atoms with van der Waals surface area (Å²) in [6.45, 7) is 2.87. The molecule has 1 fully saturated rings. The van der Waals surface area contributed by atoms with Gasteiger partial charge in [0.25, 0.3) is 0 Å². The standard InChI is InChI=1S/C4H9NO/c6-4-1-2-5-3-4/h2,4,6H,1,3,5H2/q+1. The van der Waals surface area contributed by atoms with E-state index in [4.69, 9.17) is 5.11 Å². The zero-order valence-corrected chi connectivity index (χ0v) is 3.59. The van der Waals surface area contributed by atoms with Crippen LogP contribution in [0.4, 0.5) is 0 Å². The van der Waals surface area contributed by atoms with Gasteiger partial charge in [0.05, 0.1) is 0 Å². The lowest BCUT2D eigenvalue weighted by Gasteiger charge is -1.86. The van der Waals surface area contributed by atoms with Crippen molar-refractivity contribution in [2.45, 2.75) is 12.5 Å². The molecule has 2 heteroatoms. The summed E-state index contributed by atoms with van der Waals surface area (Å²) < 4.78 is 0. The molecule has 1 unspecified atom stereocenters. The Kier molecular flexibility index (Phi) is 1.08. The van der Waals surface area contributed by atoms with Gasteiger partial charge in [-0.1, -0.05) is 0 Å². The van der Waals surface area contributed by atoms with Gasteiger partial charge in [-0.25, -0.2) is 0 Å². The van der Waals surface area contributed by atoms with Gasteiger partial charge in [-0.15, -0.1) is 0 Å². The van der Waals surface area contributed by atoms with Crippen LogP contribution in [0.3, 0.4) is 0 Å². The molecule has 1 heterocycles. The highest BCUT2D eigenvalue weighted by Crippen LogP contribution is 1.90. The topological polar surface area (TPSA) is 36.8 Å². The number of aliphatic hydroxyl groups is 1. The van der Waals surface area contributed by atoms with Crippen LogP contribution in [-0.4, -0.2) is 17.8 Å². The maximum absolute atomic E-state index is 8.67. The molecule has 1 saturated heterocycles. The fourth-order valence-electron chi connectivity index (χ4n) is 0.603. The first-order chi connectivity index (χ1) is 2.89. The number of quaternary nitrogens is 1. The van der Waals surface area contributed by atoms with E-state index in [-0.39, 0.29) is 6.10 Å². The molecule has 0 aromatic heterocycles. The van der Waals surface area contributed by atoms with Crippen LogP contribution in [0.2, 0.25) is 0 Å². The average molecular weight is 87.1 g/mol. The number of hydrogen-bond donors (Lipinski definition) is 2. The first kappa shape index (κ1) is 4.09. The molecule has 1 aliphatic heterocycles. The van der Waals surface area contributed by atoms with E-state index in [1.165, 1.54) is 0 Å². The van der Waals surface area contributed by atoms with Gasteiger partial charge < -0.3 is 10.4 Å². The summed E-state index contributed by atoms with van der Waals surface area (Å²) in [4.78, 5) is 0. The lowest BCUT2D eigenvalue weighted by Crippen LogP contribution is -2.78. The van der Waals surface area contributed by atoms with Crippen molar-refractivity contribution in [3.63, 3.8) is 0 Å². The van der Waals surface area contributed by atoms with Crippen LogP contribution in [0.5, 0.6) is 0 Å². The van der Waals surface area contributed by atoms with E-state index in [9.17, 15) is 0 Å². The van der Waals surface area contributed by atoms with E-state index in [2.05, 4.69) is 0 Å². The first-order valence-corrected chi connectivity index (χ1v) is 2.22. The van der Waals surface area contributed by atoms with Gasteiger partial charge in [0.15, 0.2) is 0 Å². The Hall–Kier alpha value is -0.0800. The van der Waals surface area contributed by atoms with Crippen LogP contribution in [0, 0.1) is 6.54 Å². The van der Waals surface area contributed by atoms with Crippen molar-refractivity contribution in [3.05, 3.63) is 6.54 Å². The first-order valence-electron chi connectivity index (χ1n) is 2.22. The molecular formula is C4H9NO+. The van der Waals surface area contributed by atoms with Crippen molar-refractivity contribution in [2.75, 3.05) is 6.54 Å². The molecule has 2 nitrogen and oxygen atoms in total. The number of aliphatic hydroxyl groups excluding tert-OH is 1. The Bertz CT molecular complexity index is 40.8. The summed E-state index contributed by atoms with van der Waals surface area (Å²) >= 11 is 0. The number of hydrogen-bond acceptors (Lipinski definition) is 1. The Morgan fingerprint density at radius 1 is 1.83 bits per heavy atom. The smallest absolute Gasteiger partial charge is 0.141 e. The summed E-state index contributed by atoms with van der Waals surface area (Å²) in [5.41, 5.74) is 0. The van der Waals surface area contributed by atoms with Gasteiger partial charge in [-0.2, -0.15) is 0 Å². The van der Waals surface area contributed by atoms with Crippen LogP contribution in [-0.2, 0) is 0 Å². The van der Waals surface area contributed by atoms with E-state index >= 15 is 0 Å². The molecule has 0 aliphatic carbocycles. The highest BCUT2D eigenvalue weighted by molar-refractivity contribution is 4.62. The minimum absolute atomic E-state index is 0.0648. The quantitative estimate of drug-likeness (QED) is 0.370. The highest BCUT2D eigenvalue weighted by atomic mass is 16.3. The highest BCUT2D eigenvalue weighted by Gasteiger charge is 2.13. The second-order valence-corrected chi connectivity index (χ2v) is 1.60. The maximum atomic E-state index is 8.67. The third-order valence-corrected chi connectivity index (χ3v) is 0.983. The van der Waals surface area contributed by atoms with E-state index in [0.717, 1.165) is 13.0 Å². The fraction of sp³-hybridized carbons (Fsp3) is 0.750. The van der Waals surface area contributed by atoms with Gasteiger partial charge in [-0.05, 0) is 0 Å². The van der Waals surface area contributed by atoms with Gasteiger partial charge >= 0.3 is 0 Å². The van der Waals surface area contributed by atoms with E-state index in [1.807, 2.05) is 11.9 Å². The average Bonchev–Trinajstić information content (AvgIpc) is 1.86. The van der Waals surface area contributed by atoms with Gasteiger partial charge in [0, 0.05) is 6.42 Å². The Morgan fingerprint density at radius 3 is 2.83 bits per heavy atom. The minimum atomic E-state index is -0.0648. The summed E-state index contributed by atoms with van der Waals surface area (Å²) in [5, 5.41) is 10.7. The molecule has 1 rings (SSSR count). The maximum Gasteiger partial charge on any atom is 0.141 e. The summed E-state index contributed by atoms with van der Waals surface area (Å²) in [7, 11) is 0. The third kappa shape index (κ3) is 0.698. The molecule has 3 N–H and O–H groups in total. The van der Waals surface area contributed by atoms with Crippen molar-refractivity contribution in [2.24, 2.45) is 0 Å². The second-order valence-electron chi connectivity index (χ2n) is 1.60. The van der Waals surface area contributed by atoms with E-state index in [0.29, 0.717) is 0 Å². The Labute approximate surface area is 37.2 Å². The Morgan fingerprint density at radius 2 is 2.67 bits per heavy atom. The summed E-state index contributed by atoms with van der Waals surface area (Å²) in [6, 6.07) is 0. The molecule has 35 valence electrons. The molecular weight excluding hydrogens is 78.0 g/mol. The van der Waals surface area contributed by atoms with E-state index in [1.54, 1.807) is 0 Å². The zero-order chi connectivity index (χ0) is 4.41. The second kappa shape index (κ2) is 1.58. The van der Waals surface area contributed by atoms with Crippen molar-refractivity contribution >= 4 is 0 Å². The van der Waals surface area contributed by atoms with Crippen LogP contribution in [0.15, 0.2) is 0 Å². The molecule has 0 aromatic rings. The predicted octanol–water partition coefficient (Wildman–Crippen LogP) is -1.52. The normalized spacial score (nSPS) is 34.5. The number of rotatable bonds is 0. The summed E-state index contributed by atoms with van der Waals surface area (Å²) in [6.07, 6.45) is 0.796. The lowest BCUT2D eigenvalue weighted by molar-refractivity contribution is -0.603. The predicted molar refractivity (Wildman–Crippen MR) is 21.7 cm³/mol. The fourth-order valence-corrected chi connectivity index (χ4v) is 0.603. The molecule has 0 saturated carbocycles. The van der Waals surface area contributed by atoms with Gasteiger partial charge in [0.2, 0.25) is 0 Å². The van der Waals surface area contributed by atoms with Crippen molar-refractivity contribution in [1.82, 2.24) is 0 Å². The van der Waals surface area contributed by atoms with Crippen LogP contribution >= 0.6 is 0 Å². The minimum Gasteiger partial charge on any atom is -0.387 e. The molecule has 0 aromatic carbocycles. The number of nitrogens with two attached hydrogens (primary N) is 1. The lowest BCUT2D eigenvalue weighted by atomic mass is 10.3. The molecule has 0 spiro atoms.